The van der Waals surface area contributed by atoms with Gasteiger partial charge in [-0.25, -0.2) is 9.55 Å². The van der Waals surface area contributed by atoms with E-state index in [1.165, 1.54) is 0 Å². The van der Waals surface area contributed by atoms with Gasteiger partial charge in [-0.15, -0.1) is 0 Å². The Morgan fingerprint density at radius 2 is 1.38 bits per heavy atom. The van der Waals surface area contributed by atoms with Crippen LogP contribution in [0.15, 0.2) is 134 Å². The van der Waals surface area contributed by atoms with Crippen molar-refractivity contribution in [3.05, 3.63) is 151 Å². The molecule has 0 fully saturated rings. The highest BCUT2D eigenvalue weighted by atomic mass is 15.2. The van der Waals surface area contributed by atoms with Crippen LogP contribution in [0.1, 0.15) is 20.8 Å². The number of benzene rings is 5. The Morgan fingerprint density at radius 1 is 0.667 bits per heavy atom. The number of hydrogen-bond donors (Lipinski definition) is 0. The van der Waals surface area contributed by atoms with E-state index in [0.29, 0.717) is 5.82 Å². The molecule has 0 bridgehead atoms. The Labute approximate surface area is 267 Å². The Kier molecular flexibility index (Phi) is 5.53. The number of nitrogens with zero attached hydrogens (tertiary/aromatic N) is 5. The van der Waals surface area contributed by atoms with Crippen molar-refractivity contribution >= 4 is 49.9 Å². The smallest absolute Gasteiger partial charge is 0.191 e. The zero-order valence-corrected chi connectivity index (χ0v) is 25.4. The lowest BCUT2D eigenvalue weighted by molar-refractivity contribution is 0.911. The number of aromatic nitrogens is 4. The first-order chi connectivity index (χ1) is 23.2. The summed E-state index contributed by atoms with van der Waals surface area (Å²) in [6, 6.07) is 41.5. The van der Waals surface area contributed by atoms with Gasteiger partial charge >= 0.3 is 0 Å². The number of para-hydroxylation sites is 4. The highest BCUT2D eigenvalue weighted by Crippen LogP contribution is 2.42. The normalized spacial score (nSPS) is 12.8. The standard InChI is InChI=1S/C40H34N5/c1-27-21-22-41-39(23-27)45-35-16-6-5-15-33(35)34-20-19-32(25-38(34)45)44(40-28(2)11-9-12-29(40)3)31-14-10-13-30(24-31)43-26-42(4)36-17-7-8-18-37(36)43/h5-26H,1-4H3/q+1/i1D3. The Morgan fingerprint density at radius 3 is 2.20 bits per heavy atom. The molecular weight excluding hydrogens is 550 g/mol. The van der Waals surface area contributed by atoms with Gasteiger partial charge in [-0.1, -0.05) is 42.5 Å². The van der Waals surface area contributed by atoms with Gasteiger partial charge in [0.2, 0.25) is 0 Å². The summed E-state index contributed by atoms with van der Waals surface area (Å²) in [5.41, 5.74) is 10.9. The summed E-state index contributed by atoms with van der Waals surface area (Å²) in [6.45, 7) is 2.06. The van der Waals surface area contributed by atoms with Crippen molar-refractivity contribution in [2.75, 3.05) is 4.90 Å². The van der Waals surface area contributed by atoms with Crippen LogP contribution in [0.25, 0.3) is 44.3 Å². The minimum Gasteiger partial charge on any atom is -0.309 e. The predicted octanol–water partition coefficient (Wildman–Crippen LogP) is 10.1. The van der Waals surface area contributed by atoms with Crippen LogP contribution in [-0.4, -0.2) is 18.7 Å². The number of anilines is 3. The molecule has 0 amide bonds. The highest BCUT2D eigenvalue weighted by Gasteiger charge is 2.22. The molecule has 0 aliphatic rings. The monoisotopic (exact) mass is 587 g/mol. The molecule has 5 nitrogen and oxygen atoms in total. The average Bonchev–Trinajstić information content (AvgIpc) is 3.60. The minimum absolute atomic E-state index is 0.259. The van der Waals surface area contributed by atoms with Crippen molar-refractivity contribution < 1.29 is 4.11 Å². The second kappa shape index (κ2) is 10.5. The maximum atomic E-state index is 8.05. The number of hydrogen-bond acceptors (Lipinski definition) is 2. The molecule has 0 unspecified atom stereocenters. The van der Waals surface area contributed by atoms with E-state index in [1.807, 2.05) is 12.1 Å². The molecule has 8 aromatic rings. The quantitative estimate of drug-likeness (QED) is 0.188. The molecule has 0 saturated carbocycles. The summed E-state index contributed by atoms with van der Waals surface area (Å²) < 4.78 is 30.6. The lowest BCUT2D eigenvalue weighted by Gasteiger charge is -2.29. The van der Waals surface area contributed by atoms with E-state index in [0.717, 1.165) is 66.7 Å². The zero-order valence-electron chi connectivity index (χ0n) is 28.4. The Balaban J connectivity index is 1.38. The van der Waals surface area contributed by atoms with E-state index in [9.17, 15) is 0 Å². The van der Waals surface area contributed by atoms with Crippen molar-refractivity contribution in [3.8, 4) is 11.5 Å². The summed E-state index contributed by atoms with van der Waals surface area (Å²) in [4.78, 5) is 7.01. The summed E-state index contributed by atoms with van der Waals surface area (Å²) in [5.74, 6) is 0.569. The SMILES string of the molecule is [2H]C([2H])([2H])c1ccnc(-n2c3ccccc3c3ccc(N(c4cccc(-n5[cH+]n(C)c6ccccc65)c4)c4c(C)cccc4C)cc32)c1. The fourth-order valence-corrected chi connectivity index (χ4v) is 6.70. The van der Waals surface area contributed by atoms with Gasteiger partial charge < -0.3 is 4.90 Å². The van der Waals surface area contributed by atoms with Crippen molar-refractivity contribution in [2.24, 2.45) is 7.05 Å². The van der Waals surface area contributed by atoms with Crippen LogP contribution in [0.2, 0.25) is 0 Å². The maximum absolute atomic E-state index is 8.05. The number of pyridine rings is 1. The molecule has 3 aromatic heterocycles. The van der Waals surface area contributed by atoms with Crippen LogP contribution in [0.4, 0.5) is 17.1 Å². The van der Waals surface area contributed by atoms with Crippen molar-refractivity contribution in [2.45, 2.75) is 20.7 Å². The van der Waals surface area contributed by atoms with Crippen LogP contribution in [-0.2, 0) is 7.05 Å². The summed E-state index contributed by atoms with van der Waals surface area (Å²) in [6.07, 6.45) is 3.71. The van der Waals surface area contributed by atoms with E-state index < -0.39 is 6.85 Å². The van der Waals surface area contributed by atoms with Gasteiger partial charge in [0, 0.05) is 58.1 Å². The zero-order chi connectivity index (χ0) is 33.2. The second-order valence-electron chi connectivity index (χ2n) is 11.6. The Bertz CT molecular complexity index is 2490. The molecule has 0 saturated heterocycles. The molecule has 0 atom stereocenters. The molecule has 8 rings (SSSR count). The number of fused-ring (bicyclic) bond motifs is 4. The van der Waals surface area contributed by atoms with Gasteiger partial charge in [0.1, 0.15) is 11.5 Å². The minimum atomic E-state index is -2.24. The first-order valence-corrected chi connectivity index (χ1v) is 15.1. The molecule has 0 radical (unpaired) electrons. The lowest BCUT2D eigenvalue weighted by Crippen LogP contribution is -2.13. The van der Waals surface area contributed by atoms with E-state index >= 15 is 0 Å². The lowest BCUT2D eigenvalue weighted by atomic mass is 10.0. The predicted molar refractivity (Wildman–Crippen MR) is 188 cm³/mol. The molecule has 3 heterocycles. The van der Waals surface area contributed by atoms with Gasteiger partial charge in [-0.3, -0.25) is 4.57 Å². The van der Waals surface area contributed by atoms with Crippen LogP contribution < -0.4 is 4.90 Å². The molecule has 218 valence electrons. The number of imidazole rings is 1. The molecule has 0 N–H and O–H groups in total. The third kappa shape index (κ3) is 4.39. The summed E-state index contributed by atoms with van der Waals surface area (Å²) in [7, 11) is 2.07. The average molecular weight is 588 g/mol. The van der Waals surface area contributed by atoms with Crippen LogP contribution >= 0.6 is 0 Å². The topological polar surface area (TPSA) is 30.9 Å². The van der Waals surface area contributed by atoms with Crippen LogP contribution in [0.5, 0.6) is 0 Å². The molecule has 0 aliphatic heterocycles. The van der Waals surface area contributed by atoms with E-state index in [1.54, 1.807) is 18.3 Å². The van der Waals surface area contributed by atoms with E-state index in [2.05, 4.69) is 148 Å². The van der Waals surface area contributed by atoms with Gasteiger partial charge in [0.05, 0.1) is 22.4 Å². The first kappa shape index (κ1) is 23.7. The maximum Gasteiger partial charge on any atom is 0.191 e. The van der Waals surface area contributed by atoms with Crippen molar-refractivity contribution in [1.82, 2.24) is 18.7 Å². The number of aryl methyl sites for hydroxylation is 4. The second-order valence-corrected chi connectivity index (χ2v) is 11.6. The van der Waals surface area contributed by atoms with Crippen LogP contribution in [0.3, 0.4) is 0 Å². The number of rotatable bonds is 5. The third-order valence-corrected chi connectivity index (χ3v) is 8.73. The molecular formula is C40H34N5+. The van der Waals surface area contributed by atoms with Gasteiger partial charge in [0.15, 0.2) is 17.4 Å². The van der Waals surface area contributed by atoms with Gasteiger partial charge in [-0.2, -0.15) is 4.57 Å². The highest BCUT2D eigenvalue weighted by molar-refractivity contribution is 6.10. The summed E-state index contributed by atoms with van der Waals surface area (Å²) >= 11 is 0. The van der Waals surface area contributed by atoms with Gasteiger partial charge in [0.25, 0.3) is 0 Å². The fraction of sp³-hybridized carbons (Fsp3) is 0.100. The van der Waals surface area contributed by atoms with E-state index in [-0.39, 0.29) is 5.56 Å². The molecule has 5 heteroatoms. The Hall–Kier alpha value is -5.68. The first-order valence-electron chi connectivity index (χ1n) is 16.6. The van der Waals surface area contributed by atoms with Crippen molar-refractivity contribution in [3.63, 3.8) is 0 Å². The third-order valence-electron chi connectivity index (χ3n) is 8.73. The van der Waals surface area contributed by atoms with Crippen molar-refractivity contribution in [1.29, 1.82) is 0 Å². The van der Waals surface area contributed by atoms with Gasteiger partial charge in [-0.05, 0) is 92.0 Å². The molecule has 0 aliphatic carbocycles. The van der Waals surface area contributed by atoms with E-state index in [4.69, 9.17) is 4.11 Å². The summed E-state index contributed by atoms with van der Waals surface area (Å²) in [5, 5.41) is 2.14. The molecule has 45 heavy (non-hydrogen) atoms. The molecule has 5 aromatic carbocycles. The fourth-order valence-electron chi connectivity index (χ4n) is 6.70. The molecule has 0 spiro atoms. The largest absolute Gasteiger partial charge is 0.309 e. The van der Waals surface area contributed by atoms with Crippen LogP contribution in [0, 0.1) is 20.7 Å².